The van der Waals surface area contributed by atoms with Gasteiger partial charge in [0.25, 0.3) is 5.56 Å². The van der Waals surface area contributed by atoms with Gasteiger partial charge in [-0.3, -0.25) is 9.36 Å². The lowest BCUT2D eigenvalue weighted by Crippen LogP contribution is -2.32. The number of aromatic nitrogens is 2. The highest BCUT2D eigenvalue weighted by Gasteiger charge is 2.16. The molecule has 1 unspecified atom stereocenters. The zero-order valence-electron chi connectivity index (χ0n) is 17.2. The fourth-order valence-electron chi connectivity index (χ4n) is 3.22. The van der Waals surface area contributed by atoms with E-state index in [1.165, 1.54) is 10.1 Å². The molecule has 5 nitrogen and oxygen atoms in total. The average molecular weight is 380 g/mol. The molecule has 1 N–H and O–H groups in total. The van der Waals surface area contributed by atoms with Gasteiger partial charge in [-0.25, -0.2) is 4.98 Å². The summed E-state index contributed by atoms with van der Waals surface area (Å²) >= 11 is 0. The fraction of sp³-hybridized carbons (Fsp3) is 0.391. The summed E-state index contributed by atoms with van der Waals surface area (Å²) in [5.74, 6) is 1.32. The first-order chi connectivity index (χ1) is 13.2. The zero-order chi connectivity index (χ0) is 20.5. The quantitative estimate of drug-likeness (QED) is 0.732. The number of benzene rings is 2. The minimum absolute atomic E-state index is 0.0740. The highest BCUT2D eigenvalue weighted by molar-refractivity contribution is 5.77. The Morgan fingerprint density at radius 2 is 1.86 bits per heavy atom. The third-order valence-electron chi connectivity index (χ3n) is 4.92. The maximum Gasteiger partial charge on any atom is 0.261 e. The van der Waals surface area contributed by atoms with Crippen LogP contribution in [0.15, 0.2) is 47.3 Å². The summed E-state index contributed by atoms with van der Waals surface area (Å²) in [5, 5.41) is 11.0. The monoisotopic (exact) mass is 380 g/mol. The molecule has 1 heterocycles. The van der Waals surface area contributed by atoms with Crippen molar-refractivity contribution in [2.24, 2.45) is 0 Å². The Morgan fingerprint density at radius 3 is 2.54 bits per heavy atom. The van der Waals surface area contributed by atoms with E-state index in [2.05, 4.69) is 37.9 Å². The number of aryl methyl sites for hydroxylation is 2. The van der Waals surface area contributed by atoms with Crippen LogP contribution in [-0.4, -0.2) is 27.4 Å². The molecule has 3 aromatic rings. The lowest BCUT2D eigenvalue weighted by molar-refractivity contribution is 0.0905. The van der Waals surface area contributed by atoms with Gasteiger partial charge in [0.15, 0.2) is 0 Å². The van der Waals surface area contributed by atoms with E-state index in [1.54, 1.807) is 13.0 Å². The molecule has 0 aliphatic carbocycles. The van der Waals surface area contributed by atoms with Gasteiger partial charge in [0, 0.05) is 0 Å². The Hall–Kier alpha value is -2.66. The third-order valence-corrected chi connectivity index (χ3v) is 4.92. The molecular formula is C23H28N2O3. The Labute approximate surface area is 165 Å². The molecule has 2 aromatic carbocycles. The van der Waals surface area contributed by atoms with Gasteiger partial charge in [-0.05, 0) is 48.6 Å². The second kappa shape index (κ2) is 7.76. The summed E-state index contributed by atoms with van der Waals surface area (Å²) < 4.78 is 7.33. The van der Waals surface area contributed by atoms with Gasteiger partial charge in [0.05, 0.1) is 17.4 Å². The maximum absolute atomic E-state index is 12.7. The summed E-state index contributed by atoms with van der Waals surface area (Å²) in [6.45, 7) is 10.5. The van der Waals surface area contributed by atoms with Crippen molar-refractivity contribution in [2.45, 2.75) is 52.7 Å². The van der Waals surface area contributed by atoms with Crippen LogP contribution in [0.2, 0.25) is 0 Å². The Kier molecular flexibility index (Phi) is 5.57. The molecule has 0 amide bonds. The van der Waals surface area contributed by atoms with Gasteiger partial charge in [0.1, 0.15) is 24.3 Å². The standard InChI is InChI=1S/C23H28N2O3/c1-15-12-17(23(3,4)5)10-11-21(15)28-14-18(26)13-25-16(2)24-20-9-7-6-8-19(20)22(25)27/h6-12,18,26H,13-14H2,1-5H3. The van der Waals surface area contributed by atoms with Crippen molar-refractivity contribution in [3.05, 3.63) is 69.8 Å². The van der Waals surface area contributed by atoms with E-state index in [0.29, 0.717) is 16.7 Å². The second-order valence-electron chi connectivity index (χ2n) is 8.29. The first kappa shape index (κ1) is 20.1. The lowest BCUT2D eigenvalue weighted by Gasteiger charge is -2.21. The van der Waals surface area contributed by atoms with Crippen LogP contribution in [0, 0.1) is 13.8 Å². The molecule has 0 aliphatic rings. The number of para-hydroxylation sites is 1. The Morgan fingerprint density at radius 1 is 1.14 bits per heavy atom. The van der Waals surface area contributed by atoms with E-state index >= 15 is 0 Å². The van der Waals surface area contributed by atoms with E-state index < -0.39 is 6.10 Å². The zero-order valence-corrected chi connectivity index (χ0v) is 17.2. The van der Waals surface area contributed by atoms with Crippen molar-refractivity contribution < 1.29 is 9.84 Å². The number of hydrogen-bond acceptors (Lipinski definition) is 4. The summed E-state index contributed by atoms with van der Waals surface area (Å²) in [5.41, 5.74) is 2.86. The van der Waals surface area contributed by atoms with Crippen LogP contribution in [0.1, 0.15) is 37.7 Å². The number of nitrogens with zero attached hydrogens (tertiary/aromatic N) is 2. The largest absolute Gasteiger partial charge is 0.491 e. The third kappa shape index (κ3) is 4.25. The SMILES string of the molecule is Cc1cc(C(C)(C)C)ccc1OCC(O)Cn1c(C)nc2ccccc2c1=O. The summed E-state index contributed by atoms with van der Waals surface area (Å²) in [6, 6.07) is 13.3. The number of ether oxygens (including phenoxy) is 1. The Balaban J connectivity index is 1.72. The van der Waals surface area contributed by atoms with E-state index in [9.17, 15) is 9.90 Å². The summed E-state index contributed by atoms with van der Waals surface area (Å²) in [6.07, 6.45) is -0.818. The molecule has 5 heteroatoms. The number of aliphatic hydroxyl groups excluding tert-OH is 1. The maximum atomic E-state index is 12.7. The van der Waals surface area contributed by atoms with Crippen LogP contribution in [0.3, 0.4) is 0 Å². The first-order valence-corrected chi connectivity index (χ1v) is 9.55. The summed E-state index contributed by atoms with van der Waals surface area (Å²) in [7, 11) is 0. The minimum Gasteiger partial charge on any atom is -0.491 e. The van der Waals surface area contributed by atoms with Gasteiger partial charge in [-0.2, -0.15) is 0 Å². The predicted molar refractivity (Wildman–Crippen MR) is 112 cm³/mol. The van der Waals surface area contributed by atoms with Crippen molar-refractivity contribution in [3.63, 3.8) is 0 Å². The summed E-state index contributed by atoms with van der Waals surface area (Å²) in [4.78, 5) is 17.2. The molecular weight excluding hydrogens is 352 g/mol. The molecule has 148 valence electrons. The lowest BCUT2D eigenvalue weighted by atomic mass is 9.86. The van der Waals surface area contributed by atoms with Gasteiger partial charge in [-0.15, -0.1) is 0 Å². The highest BCUT2D eigenvalue weighted by atomic mass is 16.5. The van der Waals surface area contributed by atoms with Crippen LogP contribution >= 0.6 is 0 Å². The smallest absolute Gasteiger partial charge is 0.261 e. The highest BCUT2D eigenvalue weighted by Crippen LogP contribution is 2.27. The van der Waals surface area contributed by atoms with Crippen LogP contribution in [0.25, 0.3) is 10.9 Å². The molecule has 3 rings (SSSR count). The van der Waals surface area contributed by atoms with Crippen molar-refractivity contribution in [1.82, 2.24) is 9.55 Å². The fourth-order valence-corrected chi connectivity index (χ4v) is 3.22. The van der Waals surface area contributed by atoms with Gasteiger partial charge >= 0.3 is 0 Å². The van der Waals surface area contributed by atoms with Crippen molar-refractivity contribution in [2.75, 3.05) is 6.61 Å². The molecule has 0 saturated heterocycles. The number of hydrogen-bond donors (Lipinski definition) is 1. The van der Waals surface area contributed by atoms with Crippen LogP contribution < -0.4 is 10.3 Å². The van der Waals surface area contributed by atoms with Gasteiger partial charge in [0.2, 0.25) is 0 Å². The predicted octanol–water partition coefficient (Wildman–Crippen LogP) is 3.75. The molecule has 0 bridgehead atoms. The van der Waals surface area contributed by atoms with Crippen molar-refractivity contribution >= 4 is 10.9 Å². The van der Waals surface area contributed by atoms with E-state index in [4.69, 9.17) is 4.74 Å². The van der Waals surface area contributed by atoms with E-state index in [-0.39, 0.29) is 24.1 Å². The topological polar surface area (TPSA) is 64.3 Å². The van der Waals surface area contributed by atoms with Gasteiger partial charge < -0.3 is 9.84 Å². The molecule has 1 aromatic heterocycles. The average Bonchev–Trinajstić information content (AvgIpc) is 2.63. The normalized spacial score (nSPS) is 12.9. The molecule has 0 spiro atoms. The van der Waals surface area contributed by atoms with Gasteiger partial charge in [-0.1, -0.05) is 45.0 Å². The Bertz CT molecular complexity index is 1050. The van der Waals surface area contributed by atoms with E-state index in [1.807, 2.05) is 31.2 Å². The van der Waals surface area contributed by atoms with E-state index in [0.717, 1.165) is 11.3 Å². The molecule has 0 saturated carbocycles. The van der Waals surface area contributed by atoms with Crippen LogP contribution in [-0.2, 0) is 12.0 Å². The van der Waals surface area contributed by atoms with Crippen molar-refractivity contribution in [3.8, 4) is 5.75 Å². The molecule has 1 atom stereocenters. The number of fused-ring (bicyclic) bond motifs is 1. The van der Waals surface area contributed by atoms with Crippen LogP contribution in [0.4, 0.5) is 0 Å². The number of aliphatic hydroxyl groups is 1. The van der Waals surface area contributed by atoms with Crippen LogP contribution in [0.5, 0.6) is 5.75 Å². The molecule has 0 fully saturated rings. The molecule has 0 aliphatic heterocycles. The van der Waals surface area contributed by atoms with Crippen molar-refractivity contribution in [1.29, 1.82) is 0 Å². The number of rotatable bonds is 5. The molecule has 28 heavy (non-hydrogen) atoms. The molecule has 0 radical (unpaired) electrons. The second-order valence-corrected chi connectivity index (χ2v) is 8.29. The first-order valence-electron chi connectivity index (χ1n) is 9.55. The minimum atomic E-state index is -0.818.